The molecule has 5 heterocycles. The zero-order valence-corrected chi connectivity index (χ0v) is 49.9. The Morgan fingerprint density at radius 2 is 0.808 bits per heavy atom. The Bertz CT molecular complexity index is 3800. The molecule has 0 saturated carbocycles. The second-order valence-electron chi connectivity index (χ2n) is 23.7. The molecule has 2 aromatic heterocycles. The number of carbonyl (C=O) groups excluding carboxylic acids is 4. The van der Waals surface area contributed by atoms with Crippen LogP contribution >= 0.6 is 0 Å². The second-order valence-corrected chi connectivity index (χ2v) is 38.0. The average molecular weight is 1090 g/mol. The molecular weight excluding hydrogens is 1020 g/mol. The first-order chi connectivity index (χ1) is 36.6. The van der Waals surface area contributed by atoms with E-state index in [1.54, 1.807) is 12.1 Å². The van der Waals surface area contributed by atoms with Crippen molar-refractivity contribution in [2.45, 2.75) is 84.1 Å². The molecular formula is C61H70N10O4Si3. The van der Waals surface area contributed by atoms with Gasteiger partial charge in [0.25, 0.3) is 23.6 Å². The van der Waals surface area contributed by atoms with Crippen LogP contribution in [0.2, 0.25) is 58.9 Å². The predicted molar refractivity (Wildman–Crippen MR) is 325 cm³/mol. The highest BCUT2D eigenvalue weighted by molar-refractivity contribution is 6.84. The molecule has 17 heteroatoms. The van der Waals surface area contributed by atoms with E-state index in [1.807, 2.05) is 70.7 Å². The summed E-state index contributed by atoms with van der Waals surface area (Å²) in [6.07, 6.45) is 0. The van der Waals surface area contributed by atoms with Crippen LogP contribution in [0, 0.1) is 34.4 Å². The number of aromatic amines is 2. The first-order valence-electron chi connectivity index (χ1n) is 25.9. The minimum atomic E-state index is -1.55. The zero-order valence-electron chi connectivity index (χ0n) is 46.9. The van der Waals surface area contributed by atoms with Gasteiger partial charge >= 0.3 is 0 Å². The highest BCUT2D eigenvalue weighted by Crippen LogP contribution is 2.41. The van der Waals surface area contributed by atoms with Crippen molar-refractivity contribution in [2.24, 2.45) is 0 Å². The van der Waals surface area contributed by atoms with E-state index in [9.17, 15) is 19.2 Å². The molecule has 4 amide bonds. The van der Waals surface area contributed by atoms with Crippen molar-refractivity contribution < 1.29 is 19.2 Å². The molecule has 11 N–H and O–H groups in total. The van der Waals surface area contributed by atoms with Crippen LogP contribution in [-0.2, 0) is 13.1 Å². The fourth-order valence-electron chi connectivity index (χ4n) is 9.47. The lowest BCUT2D eigenvalue weighted by atomic mass is 9.93. The topological polar surface area (TPSA) is 220 Å². The third-order valence-electron chi connectivity index (χ3n) is 12.9. The lowest BCUT2D eigenvalue weighted by molar-refractivity contribution is 0.0876. The molecule has 78 heavy (non-hydrogen) atoms. The van der Waals surface area contributed by atoms with Crippen LogP contribution in [0.25, 0.3) is 21.8 Å². The Balaban J connectivity index is 0.000000160. The zero-order chi connectivity index (χ0) is 56.8. The molecule has 0 saturated heterocycles. The summed E-state index contributed by atoms with van der Waals surface area (Å²) >= 11 is 0. The SMILES string of the molecule is CN(C)Cc1[nH]c2ccccc2c1C1NC(=O)c2cc(C#C[Si](C)(C)C)c(N)cc21.CN(C)Cc1[nH]c2ccccc2c1C1NC(=O)c2cc(N)c(C#C[Si](C)(C)C)cc21.C[Si](C)(C)C#Cc1cc2c(cc1N)C(=O)NC2=O. The first-order valence-corrected chi connectivity index (χ1v) is 36.4. The largest absolute Gasteiger partial charge is 0.398 e. The summed E-state index contributed by atoms with van der Waals surface area (Å²) in [7, 11) is 3.57. The van der Waals surface area contributed by atoms with Gasteiger partial charge in [-0.2, -0.15) is 0 Å². The van der Waals surface area contributed by atoms with E-state index in [4.69, 9.17) is 17.2 Å². The summed E-state index contributed by atoms with van der Waals surface area (Å²) < 4.78 is 0. The van der Waals surface area contributed by atoms with Crippen molar-refractivity contribution in [3.05, 3.63) is 158 Å². The number of benzene rings is 5. The second kappa shape index (κ2) is 21.7. The number of para-hydroxylation sites is 2. The summed E-state index contributed by atoms with van der Waals surface area (Å²) in [6, 6.07) is 26.7. The highest BCUT2D eigenvalue weighted by Gasteiger charge is 2.36. The molecule has 2 unspecified atom stereocenters. The molecule has 0 radical (unpaired) electrons. The van der Waals surface area contributed by atoms with Gasteiger partial charge in [-0.05, 0) is 87.8 Å². The summed E-state index contributed by atoms with van der Waals surface area (Å²) in [5.41, 5.74) is 42.6. The van der Waals surface area contributed by atoms with Crippen molar-refractivity contribution in [3.63, 3.8) is 0 Å². The third kappa shape index (κ3) is 12.5. The van der Waals surface area contributed by atoms with Gasteiger partial charge in [-0.15, -0.1) is 16.6 Å². The molecule has 3 aliphatic heterocycles. The normalized spacial score (nSPS) is 15.3. The van der Waals surface area contributed by atoms with Crippen LogP contribution in [0.4, 0.5) is 17.1 Å². The van der Waals surface area contributed by atoms with E-state index < -0.39 is 30.1 Å². The number of hydrogen-bond donors (Lipinski definition) is 8. The molecule has 5 aromatic carbocycles. The van der Waals surface area contributed by atoms with Gasteiger partial charge in [0.2, 0.25) is 0 Å². The Hall–Kier alpha value is -8.09. The Morgan fingerprint density at radius 1 is 0.462 bits per heavy atom. The predicted octanol–water partition coefficient (Wildman–Crippen LogP) is 9.13. The number of rotatable bonds is 6. The van der Waals surface area contributed by atoms with Crippen LogP contribution in [0.1, 0.15) is 104 Å². The number of fused-ring (bicyclic) bond motifs is 5. The summed E-state index contributed by atoms with van der Waals surface area (Å²) in [4.78, 5) is 60.0. The van der Waals surface area contributed by atoms with E-state index in [-0.39, 0.29) is 29.8 Å². The number of nitrogens with zero attached hydrogens (tertiary/aromatic N) is 2. The number of nitrogen functional groups attached to an aromatic ring is 3. The maximum Gasteiger partial charge on any atom is 0.259 e. The van der Waals surface area contributed by atoms with Gasteiger partial charge in [-0.3, -0.25) is 24.5 Å². The average Bonchev–Trinajstić information content (AvgIpc) is 4.35. The number of nitrogens with two attached hydrogens (primary N) is 3. The van der Waals surface area contributed by atoms with Crippen LogP contribution < -0.4 is 33.2 Å². The molecule has 7 aromatic rings. The maximum absolute atomic E-state index is 12.9. The third-order valence-corrected chi connectivity index (χ3v) is 15.5. The Kier molecular flexibility index (Phi) is 15.6. The van der Waals surface area contributed by atoms with Gasteiger partial charge in [-0.1, -0.05) is 113 Å². The van der Waals surface area contributed by atoms with Gasteiger partial charge < -0.3 is 47.6 Å². The first kappa shape index (κ1) is 56.1. The molecule has 0 bridgehead atoms. The number of nitrogens with one attached hydrogen (secondary N) is 5. The molecule has 0 fully saturated rings. The maximum atomic E-state index is 12.9. The van der Waals surface area contributed by atoms with Crippen LogP contribution in [0.5, 0.6) is 0 Å². The van der Waals surface area contributed by atoms with Crippen molar-refractivity contribution in [1.82, 2.24) is 35.7 Å². The molecule has 0 aliphatic carbocycles. The van der Waals surface area contributed by atoms with Crippen molar-refractivity contribution in [3.8, 4) is 34.4 Å². The number of hydrogen-bond acceptors (Lipinski definition) is 9. The van der Waals surface area contributed by atoms with Crippen molar-refractivity contribution in [2.75, 3.05) is 45.4 Å². The molecule has 14 nitrogen and oxygen atoms in total. The van der Waals surface area contributed by atoms with E-state index in [1.165, 1.54) is 6.07 Å². The Labute approximate surface area is 460 Å². The van der Waals surface area contributed by atoms with Crippen LogP contribution in [-0.4, -0.2) is 95.8 Å². The van der Waals surface area contributed by atoms with Gasteiger partial charge in [-0.25, -0.2) is 0 Å². The van der Waals surface area contributed by atoms with Crippen molar-refractivity contribution in [1.29, 1.82) is 0 Å². The smallest absolute Gasteiger partial charge is 0.259 e. The van der Waals surface area contributed by atoms with E-state index >= 15 is 0 Å². The molecule has 10 rings (SSSR count). The van der Waals surface area contributed by atoms with Crippen LogP contribution in [0.3, 0.4) is 0 Å². The fourth-order valence-corrected chi connectivity index (χ4v) is 11.0. The minimum Gasteiger partial charge on any atom is -0.398 e. The fraction of sp³-hybridized carbons (Fsp3) is 0.279. The van der Waals surface area contributed by atoms with Crippen molar-refractivity contribution >= 4 is 86.7 Å². The highest BCUT2D eigenvalue weighted by atomic mass is 28.3. The lowest BCUT2D eigenvalue weighted by Crippen LogP contribution is -2.22. The van der Waals surface area contributed by atoms with E-state index in [0.717, 1.165) is 79.7 Å². The monoisotopic (exact) mass is 1090 g/mol. The van der Waals surface area contributed by atoms with Gasteiger partial charge in [0.15, 0.2) is 0 Å². The number of aromatic nitrogens is 2. The van der Waals surface area contributed by atoms with Gasteiger partial charge in [0, 0.05) is 102 Å². The number of anilines is 3. The standard InChI is InChI=1S/2C24H28N4OSi.C13H14N2O2Si/c1-28(2)14-21-22(16-8-6-7-9-20(16)26-21)23-17-13-19(25)15(10-11-30(3,4)5)12-18(17)24(29)27-23;1-28(2)14-21-22(16-8-6-7-9-20(16)26-21)23-17-12-15(10-11-30(3,4)5)19(25)13-18(17)24(29)27-23;1-18(2,3)5-4-8-6-9-10(7-11(8)14)13(17)15-12(9)16/h2*6-9,12-13,23,26H,14,25H2,1-5H3,(H,27,29);6-7H,14H2,1-3H3,(H,15,16,17). The van der Waals surface area contributed by atoms with E-state index in [2.05, 4.69) is 153 Å². The summed E-state index contributed by atoms with van der Waals surface area (Å²) in [5, 5.41) is 10.8. The summed E-state index contributed by atoms with van der Waals surface area (Å²) in [5.74, 6) is 8.56. The van der Waals surface area contributed by atoms with Gasteiger partial charge in [0.05, 0.1) is 23.2 Å². The molecule has 400 valence electrons. The minimum absolute atomic E-state index is 0.0767. The molecule has 2 atom stereocenters. The lowest BCUT2D eigenvalue weighted by Gasteiger charge is -2.17. The molecule has 0 spiro atoms. The number of amides is 4. The molecule has 3 aliphatic rings. The Morgan fingerprint density at radius 3 is 1.23 bits per heavy atom. The number of H-pyrrole nitrogens is 2. The quantitative estimate of drug-likeness (QED) is 0.0344. The van der Waals surface area contributed by atoms with E-state index in [0.29, 0.717) is 44.9 Å². The van der Waals surface area contributed by atoms with Crippen LogP contribution in [0.15, 0.2) is 84.9 Å². The number of carbonyl (C=O) groups is 4. The van der Waals surface area contributed by atoms with Gasteiger partial charge in [0.1, 0.15) is 24.2 Å². The summed E-state index contributed by atoms with van der Waals surface area (Å²) in [6.45, 7) is 21.1. The number of imide groups is 1.